The number of aliphatic carboxylic acids is 1. The minimum atomic E-state index is -0.864. The fraction of sp³-hybridized carbons (Fsp3) is 0.455. The molecule has 2 amide bonds. The molecule has 3 heterocycles. The molecule has 0 radical (unpaired) electrons. The number of hydrogen-bond donors (Lipinski definition) is 2. The summed E-state index contributed by atoms with van der Waals surface area (Å²) in [5, 5.41) is 21.6. The second-order valence-corrected chi connectivity index (χ2v) is 15.0. The number of nitrogens with zero attached hydrogens (tertiary/aromatic N) is 2. The predicted molar refractivity (Wildman–Crippen MR) is 170 cm³/mol. The number of aromatic amines is 1. The molecule has 2 aliphatic carbocycles. The number of carbonyl (C=O) groups is 3. The second kappa shape index (κ2) is 12.0. The molecule has 0 spiro atoms. The number of carbonyl (C=O) groups excluding carboxylic acids is 2. The summed E-state index contributed by atoms with van der Waals surface area (Å²) >= 11 is 2.65. The van der Waals surface area contributed by atoms with Crippen LogP contribution in [0, 0.1) is 46.6 Å². The molecule has 6 unspecified atom stereocenters. The van der Waals surface area contributed by atoms with Gasteiger partial charge in [-0.3, -0.25) is 34.2 Å². The van der Waals surface area contributed by atoms with Crippen molar-refractivity contribution in [1.82, 2.24) is 9.88 Å². The van der Waals surface area contributed by atoms with Gasteiger partial charge in [0.15, 0.2) is 0 Å². The Kier molecular flexibility index (Phi) is 8.00. The third-order valence-corrected chi connectivity index (χ3v) is 12.7. The molecule has 13 heteroatoms. The number of nitro groups is 1. The lowest BCUT2D eigenvalue weighted by molar-refractivity contribution is -0.385. The second-order valence-electron chi connectivity index (χ2n) is 12.7. The summed E-state index contributed by atoms with van der Waals surface area (Å²) in [6, 6.07) is 12.5. The van der Waals surface area contributed by atoms with Crippen molar-refractivity contribution < 1.29 is 29.2 Å². The number of carboxylic acids is 1. The van der Waals surface area contributed by atoms with Gasteiger partial charge in [0.25, 0.3) is 5.69 Å². The minimum absolute atomic E-state index is 0.0554. The Labute approximate surface area is 272 Å². The van der Waals surface area contributed by atoms with Crippen LogP contribution in [0.15, 0.2) is 52.3 Å². The highest BCUT2D eigenvalue weighted by atomic mass is 32.2. The molecule has 240 valence electrons. The number of nitrogens with one attached hydrogen (secondary N) is 1. The van der Waals surface area contributed by atoms with E-state index in [-0.39, 0.29) is 65.0 Å². The van der Waals surface area contributed by atoms with Crippen molar-refractivity contribution in [2.75, 3.05) is 6.54 Å². The number of unbranched alkanes of at least 4 members (excludes halogenated alkanes) is 2. The van der Waals surface area contributed by atoms with Crippen LogP contribution in [0.25, 0.3) is 0 Å². The quantitative estimate of drug-likeness (QED) is 0.119. The van der Waals surface area contributed by atoms with Gasteiger partial charge in [-0.05, 0) is 55.6 Å². The van der Waals surface area contributed by atoms with Crippen molar-refractivity contribution >= 4 is 46.6 Å². The maximum absolute atomic E-state index is 13.9. The first-order valence-electron chi connectivity index (χ1n) is 15.6. The van der Waals surface area contributed by atoms with Crippen LogP contribution in [0.1, 0.15) is 59.6 Å². The number of amides is 2. The smallest absolute Gasteiger partial charge is 0.305 e. The van der Waals surface area contributed by atoms with Crippen LogP contribution in [0.4, 0.5) is 5.69 Å². The summed E-state index contributed by atoms with van der Waals surface area (Å²) in [6.45, 7) is 2.52. The van der Waals surface area contributed by atoms with Crippen LogP contribution < -0.4 is 9.61 Å². The lowest BCUT2D eigenvalue weighted by Crippen LogP contribution is -2.42. The Balaban J connectivity index is 1.23. The molecule has 2 aromatic carbocycles. The molecule has 3 aromatic rings. The van der Waals surface area contributed by atoms with Gasteiger partial charge in [-0.1, -0.05) is 47.6 Å². The molecule has 1 aromatic heterocycles. The van der Waals surface area contributed by atoms with E-state index < -0.39 is 28.6 Å². The number of thioether (sulfide) groups is 1. The topological polar surface area (TPSA) is 160 Å². The van der Waals surface area contributed by atoms with Gasteiger partial charge in [0, 0.05) is 46.7 Å². The summed E-state index contributed by atoms with van der Waals surface area (Å²) < 4.78 is 6.36. The number of non-ortho nitro benzene ring substituents is 1. The van der Waals surface area contributed by atoms with Gasteiger partial charge in [-0.25, -0.2) is 0 Å². The monoisotopic (exact) mass is 663 g/mol. The number of hydrogen-bond acceptors (Lipinski definition) is 9. The summed E-state index contributed by atoms with van der Waals surface area (Å²) in [7, 11) is 0. The van der Waals surface area contributed by atoms with E-state index in [1.807, 2.05) is 31.2 Å². The van der Waals surface area contributed by atoms with Gasteiger partial charge >= 0.3 is 10.8 Å². The van der Waals surface area contributed by atoms with E-state index in [0.29, 0.717) is 42.0 Å². The zero-order chi connectivity index (χ0) is 32.3. The lowest BCUT2D eigenvalue weighted by Gasteiger charge is -2.43. The van der Waals surface area contributed by atoms with Gasteiger partial charge in [-0.15, -0.1) is 11.8 Å². The van der Waals surface area contributed by atoms with Crippen LogP contribution in [0.2, 0.25) is 0 Å². The summed E-state index contributed by atoms with van der Waals surface area (Å²) in [5.74, 6) is -2.39. The number of aryl methyl sites for hydroxylation is 1. The fourth-order valence-electron chi connectivity index (χ4n) is 8.36. The number of likely N-dealkylation sites (tertiary alicyclic amines) is 1. The molecule has 1 saturated heterocycles. The van der Waals surface area contributed by atoms with Gasteiger partial charge < -0.3 is 14.8 Å². The third-order valence-electron chi connectivity index (χ3n) is 10.1. The van der Waals surface area contributed by atoms with Gasteiger partial charge in [0.1, 0.15) is 12.4 Å². The SMILES string of the molecule is Cc1cccc(COc2ccc([N+](=O)[O-])cc2[C@H]2c3sc(=O)[nH]c3SC3C4CC(C5C(=O)N(CCCCCC(=O)O)C(=O)C45)C32)c1. The van der Waals surface area contributed by atoms with E-state index in [9.17, 15) is 29.3 Å². The normalized spacial score (nSPS) is 27.4. The van der Waals surface area contributed by atoms with Gasteiger partial charge in [0.2, 0.25) is 11.8 Å². The van der Waals surface area contributed by atoms with Gasteiger partial charge in [0.05, 0.1) is 21.8 Å². The lowest BCUT2D eigenvalue weighted by atomic mass is 9.68. The first-order valence-corrected chi connectivity index (χ1v) is 17.3. The molecule has 46 heavy (non-hydrogen) atoms. The van der Waals surface area contributed by atoms with Crippen molar-refractivity contribution in [1.29, 1.82) is 0 Å². The van der Waals surface area contributed by atoms with Crippen molar-refractivity contribution in [3.63, 3.8) is 0 Å². The Morgan fingerprint density at radius 1 is 1.09 bits per heavy atom. The molecule has 11 nitrogen and oxygen atoms in total. The Bertz CT molecular complexity index is 1800. The highest BCUT2D eigenvalue weighted by molar-refractivity contribution is 8.00. The minimum Gasteiger partial charge on any atom is -0.489 e. The maximum Gasteiger partial charge on any atom is 0.305 e. The molecular weight excluding hydrogens is 631 g/mol. The van der Waals surface area contributed by atoms with E-state index in [1.165, 1.54) is 11.0 Å². The molecule has 2 N–H and O–H groups in total. The average Bonchev–Trinajstić information content (AvgIpc) is 3.75. The molecule has 4 aliphatic rings. The van der Waals surface area contributed by atoms with E-state index in [1.54, 1.807) is 23.9 Å². The number of aromatic nitrogens is 1. The molecule has 2 bridgehead atoms. The van der Waals surface area contributed by atoms with Crippen molar-refractivity contribution in [3.05, 3.63) is 83.8 Å². The van der Waals surface area contributed by atoms with Crippen molar-refractivity contribution in [2.45, 2.75) is 61.8 Å². The standard InChI is InChI=1S/C33H33N3O8S2/c1-16-6-5-7-17(12-16)15-44-22-10-9-18(36(42)43)13-19(22)24-25-20-14-21(28(25)45-30-29(24)46-33(41)34-30)27-26(20)31(39)35(32(27)40)11-4-2-3-8-23(37)38/h5-7,9-10,12-13,20-21,24-28H,2-4,8,11,14-15H2,1H3,(H,34,41)(H,37,38)/t20?,21?,24-,25?,26?,27?,28?/m1/s1. The average molecular weight is 664 g/mol. The van der Waals surface area contributed by atoms with Crippen LogP contribution in [0.5, 0.6) is 5.75 Å². The number of ether oxygens (including phenoxy) is 1. The summed E-state index contributed by atoms with van der Waals surface area (Å²) in [6.07, 6.45) is 2.41. The van der Waals surface area contributed by atoms with Crippen LogP contribution in [-0.4, -0.2) is 49.5 Å². The first kappa shape index (κ1) is 30.7. The predicted octanol–water partition coefficient (Wildman–Crippen LogP) is 5.35. The molecule has 7 atom stereocenters. The zero-order valence-corrected chi connectivity index (χ0v) is 26.7. The Hall–Kier alpha value is -3.97. The third kappa shape index (κ3) is 5.23. The van der Waals surface area contributed by atoms with Crippen molar-refractivity contribution in [3.8, 4) is 5.75 Å². The van der Waals surface area contributed by atoms with E-state index in [0.717, 1.165) is 27.3 Å². The Morgan fingerprint density at radius 2 is 1.87 bits per heavy atom. The number of nitro benzene ring substituents is 1. The van der Waals surface area contributed by atoms with E-state index in [4.69, 9.17) is 9.84 Å². The first-order chi connectivity index (χ1) is 22.1. The molecule has 2 saturated carbocycles. The Morgan fingerprint density at radius 3 is 2.61 bits per heavy atom. The number of imide groups is 1. The summed E-state index contributed by atoms with van der Waals surface area (Å²) in [5.41, 5.74) is 2.57. The number of thiazole rings is 1. The molecule has 3 fully saturated rings. The number of rotatable bonds is 11. The number of H-pyrrole nitrogens is 1. The molecule has 7 rings (SSSR count). The fourth-order valence-corrected chi connectivity index (χ4v) is 11.2. The van der Waals surface area contributed by atoms with Crippen LogP contribution in [0.3, 0.4) is 0 Å². The van der Waals surface area contributed by atoms with Crippen LogP contribution in [-0.2, 0) is 21.0 Å². The van der Waals surface area contributed by atoms with Crippen molar-refractivity contribution in [2.24, 2.45) is 29.6 Å². The van der Waals surface area contributed by atoms with Crippen LogP contribution >= 0.6 is 23.1 Å². The zero-order valence-electron chi connectivity index (χ0n) is 25.0. The number of carboxylic acid groups (broad SMARTS) is 1. The highest BCUT2D eigenvalue weighted by Gasteiger charge is 2.69. The molecule has 2 aliphatic heterocycles. The number of benzene rings is 2. The maximum atomic E-state index is 13.9. The van der Waals surface area contributed by atoms with E-state index >= 15 is 0 Å². The number of fused-ring (bicyclic) bond motifs is 9. The highest BCUT2D eigenvalue weighted by Crippen LogP contribution is 2.69. The van der Waals surface area contributed by atoms with Gasteiger partial charge in [-0.2, -0.15) is 0 Å². The van der Waals surface area contributed by atoms with E-state index in [2.05, 4.69) is 4.98 Å². The summed E-state index contributed by atoms with van der Waals surface area (Å²) in [4.78, 5) is 67.6. The largest absolute Gasteiger partial charge is 0.489 e. The molecular formula is C33H33N3O8S2.